The number of rotatable bonds is 3. The van der Waals surface area contributed by atoms with Crippen molar-refractivity contribution in [3.8, 4) is 6.07 Å². The highest BCUT2D eigenvalue weighted by Gasteiger charge is 2.12. The van der Waals surface area contributed by atoms with Gasteiger partial charge in [0.15, 0.2) is 5.78 Å². The number of carbonyl (C=O) groups is 1. The Hall–Kier alpha value is -1.82. The Labute approximate surface area is 95.3 Å². The minimum absolute atomic E-state index is 0.0386. The molecule has 1 aliphatic heterocycles. The minimum atomic E-state index is -0.101. The van der Waals surface area contributed by atoms with E-state index in [1.165, 1.54) is 18.5 Å². The molecule has 0 atom stereocenters. The first kappa shape index (κ1) is 10.7. The summed E-state index contributed by atoms with van der Waals surface area (Å²) >= 11 is 0. The number of ketones is 1. The molecule has 1 fully saturated rings. The first-order chi connectivity index (χ1) is 7.81. The molecule has 0 N–H and O–H groups in total. The Morgan fingerprint density at radius 2 is 1.88 bits per heavy atom. The van der Waals surface area contributed by atoms with Gasteiger partial charge in [-0.15, -0.1) is 0 Å². The highest BCUT2D eigenvalue weighted by Crippen LogP contribution is 2.20. The molecule has 3 heteroatoms. The van der Waals surface area contributed by atoms with Crippen LogP contribution in [0.15, 0.2) is 24.3 Å². The van der Waals surface area contributed by atoms with Crippen molar-refractivity contribution >= 4 is 11.5 Å². The third-order valence-corrected chi connectivity index (χ3v) is 2.90. The molecule has 0 aromatic heterocycles. The maximum atomic E-state index is 11.4. The number of Topliss-reactive ketones (excluding diaryl/α,β-unsaturated/α-hetero) is 1. The Balaban J connectivity index is 2.10. The van der Waals surface area contributed by atoms with Gasteiger partial charge in [0.1, 0.15) is 0 Å². The molecule has 1 heterocycles. The van der Waals surface area contributed by atoms with Crippen LogP contribution in [0.2, 0.25) is 0 Å². The van der Waals surface area contributed by atoms with E-state index in [1.807, 2.05) is 30.3 Å². The van der Waals surface area contributed by atoms with Crippen LogP contribution in [0.5, 0.6) is 0 Å². The van der Waals surface area contributed by atoms with Gasteiger partial charge in [-0.1, -0.05) is 0 Å². The van der Waals surface area contributed by atoms with E-state index < -0.39 is 0 Å². The fraction of sp³-hybridized carbons (Fsp3) is 0.385. The summed E-state index contributed by atoms with van der Waals surface area (Å²) < 4.78 is 0. The molecule has 3 nitrogen and oxygen atoms in total. The van der Waals surface area contributed by atoms with Crippen LogP contribution in [0.25, 0.3) is 0 Å². The second-order valence-electron chi connectivity index (χ2n) is 4.00. The molecule has 1 saturated heterocycles. The van der Waals surface area contributed by atoms with Crippen LogP contribution in [0.3, 0.4) is 0 Å². The van der Waals surface area contributed by atoms with E-state index in [9.17, 15) is 4.79 Å². The quantitative estimate of drug-likeness (QED) is 0.725. The number of hydrogen-bond donors (Lipinski definition) is 0. The second kappa shape index (κ2) is 4.80. The van der Waals surface area contributed by atoms with Crippen LogP contribution in [0, 0.1) is 11.3 Å². The Morgan fingerprint density at radius 3 is 2.44 bits per heavy atom. The zero-order valence-corrected chi connectivity index (χ0v) is 9.15. The topological polar surface area (TPSA) is 44.1 Å². The number of anilines is 1. The molecular formula is C13H14N2O. The smallest absolute Gasteiger partial charge is 0.176 e. The highest BCUT2D eigenvalue weighted by molar-refractivity contribution is 5.97. The average molecular weight is 214 g/mol. The molecule has 0 saturated carbocycles. The van der Waals surface area contributed by atoms with Crippen LogP contribution in [0.1, 0.15) is 29.6 Å². The fourth-order valence-electron chi connectivity index (χ4n) is 2.01. The van der Waals surface area contributed by atoms with Gasteiger partial charge in [0.2, 0.25) is 0 Å². The lowest BCUT2D eigenvalue weighted by molar-refractivity contribution is 0.0998. The van der Waals surface area contributed by atoms with Gasteiger partial charge in [0, 0.05) is 24.3 Å². The molecule has 0 bridgehead atoms. The Morgan fingerprint density at radius 1 is 1.25 bits per heavy atom. The van der Waals surface area contributed by atoms with Gasteiger partial charge < -0.3 is 4.90 Å². The van der Waals surface area contributed by atoms with Crippen LogP contribution in [0.4, 0.5) is 5.69 Å². The molecule has 82 valence electrons. The number of nitriles is 1. The predicted octanol–water partition coefficient (Wildman–Crippen LogP) is 2.38. The molecule has 1 aromatic rings. The number of carbonyl (C=O) groups excluding carboxylic acids is 1. The average Bonchev–Trinajstić information content (AvgIpc) is 2.83. The van der Waals surface area contributed by atoms with Gasteiger partial charge in [-0.3, -0.25) is 4.79 Å². The first-order valence-corrected chi connectivity index (χ1v) is 5.56. The highest BCUT2D eigenvalue weighted by atomic mass is 16.1. The van der Waals surface area contributed by atoms with Gasteiger partial charge in [-0.2, -0.15) is 5.26 Å². The van der Waals surface area contributed by atoms with Crippen molar-refractivity contribution in [2.24, 2.45) is 0 Å². The summed E-state index contributed by atoms with van der Waals surface area (Å²) in [5.74, 6) is -0.101. The summed E-state index contributed by atoms with van der Waals surface area (Å²) in [6, 6.07) is 9.44. The molecule has 1 aromatic carbocycles. The monoisotopic (exact) mass is 214 g/mol. The maximum Gasteiger partial charge on any atom is 0.176 e. The van der Waals surface area contributed by atoms with E-state index >= 15 is 0 Å². The van der Waals surface area contributed by atoms with Gasteiger partial charge in [0.05, 0.1) is 12.5 Å². The molecule has 0 radical (unpaired) electrons. The van der Waals surface area contributed by atoms with E-state index in [0.717, 1.165) is 13.1 Å². The van der Waals surface area contributed by atoms with Gasteiger partial charge in [-0.25, -0.2) is 0 Å². The second-order valence-corrected chi connectivity index (χ2v) is 4.00. The van der Waals surface area contributed by atoms with Crippen molar-refractivity contribution in [3.05, 3.63) is 29.8 Å². The largest absolute Gasteiger partial charge is 0.372 e. The molecule has 0 aliphatic carbocycles. The van der Waals surface area contributed by atoms with Crippen LogP contribution in [-0.2, 0) is 0 Å². The number of nitrogens with zero attached hydrogens (tertiary/aromatic N) is 2. The number of benzene rings is 1. The van der Waals surface area contributed by atoms with Crippen molar-refractivity contribution in [2.75, 3.05) is 18.0 Å². The zero-order valence-electron chi connectivity index (χ0n) is 9.15. The third kappa shape index (κ3) is 2.22. The van der Waals surface area contributed by atoms with Gasteiger partial charge in [-0.05, 0) is 37.1 Å². The normalized spacial score (nSPS) is 14.8. The van der Waals surface area contributed by atoms with Crippen LogP contribution in [-0.4, -0.2) is 18.9 Å². The SMILES string of the molecule is N#CCC(=O)c1ccc(N2CCCC2)cc1. The molecule has 1 aliphatic rings. The summed E-state index contributed by atoms with van der Waals surface area (Å²) in [4.78, 5) is 13.8. The van der Waals surface area contributed by atoms with E-state index in [4.69, 9.17) is 5.26 Å². The lowest BCUT2D eigenvalue weighted by Crippen LogP contribution is -2.17. The third-order valence-electron chi connectivity index (χ3n) is 2.90. The van der Waals surface area contributed by atoms with E-state index in [2.05, 4.69) is 4.90 Å². The van der Waals surface area contributed by atoms with Crippen molar-refractivity contribution in [1.82, 2.24) is 0 Å². The van der Waals surface area contributed by atoms with Crippen molar-refractivity contribution in [2.45, 2.75) is 19.3 Å². The molecule has 2 rings (SSSR count). The molecule has 16 heavy (non-hydrogen) atoms. The molecule has 0 amide bonds. The summed E-state index contributed by atoms with van der Waals surface area (Å²) in [5, 5.41) is 8.45. The summed E-state index contributed by atoms with van der Waals surface area (Å²) in [7, 11) is 0. The Kier molecular flexibility index (Phi) is 3.21. The van der Waals surface area contributed by atoms with E-state index in [0.29, 0.717) is 5.56 Å². The van der Waals surface area contributed by atoms with Crippen LogP contribution >= 0.6 is 0 Å². The van der Waals surface area contributed by atoms with Crippen molar-refractivity contribution in [3.63, 3.8) is 0 Å². The van der Waals surface area contributed by atoms with Gasteiger partial charge in [0.25, 0.3) is 0 Å². The lowest BCUT2D eigenvalue weighted by atomic mass is 10.1. The zero-order chi connectivity index (χ0) is 11.4. The number of hydrogen-bond acceptors (Lipinski definition) is 3. The first-order valence-electron chi connectivity index (χ1n) is 5.56. The Bertz CT molecular complexity index is 411. The van der Waals surface area contributed by atoms with Gasteiger partial charge >= 0.3 is 0 Å². The minimum Gasteiger partial charge on any atom is -0.372 e. The lowest BCUT2D eigenvalue weighted by Gasteiger charge is -2.17. The van der Waals surface area contributed by atoms with Crippen molar-refractivity contribution in [1.29, 1.82) is 5.26 Å². The van der Waals surface area contributed by atoms with Crippen molar-refractivity contribution < 1.29 is 4.79 Å². The molecule has 0 unspecified atom stereocenters. The fourth-order valence-corrected chi connectivity index (χ4v) is 2.01. The summed E-state index contributed by atoms with van der Waals surface area (Å²) in [6.45, 7) is 2.21. The summed E-state index contributed by atoms with van der Waals surface area (Å²) in [6.07, 6.45) is 2.45. The maximum absolute atomic E-state index is 11.4. The predicted molar refractivity (Wildman–Crippen MR) is 62.4 cm³/mol. The molecular weight excluding hydrogens is 200 g/mol. The van der Waals surface area contributed by atoms with E-state index in [-0.39, 0.29) is 12.2 Å². The molecule has 0 spiro atoms. The van der Waals surface area contributed by atoms with E-state index in [1.54, 1.807) is 0 Å². The summed E-state index contributed by atoms with van der Waals surface area (Å²) in [5.41, 5.74) is 1.80. The standard InChI is InChI=1S/C13H14N2O/c14-8-7-13(16)11-3-5-12(6-4-11)15-9-1-2-10-15/h3-6H,1-2,7,9-10H2. The van der Waals surface area contributed by atoms with Crippen LogP contribution < -0.4 is 4.90 Å².